The van der Waals surface area contributed by atoms with Crippen molar-refractivity contribution in [3.05, 3.63) is 78.4 Å². The van der Waals surface area contributed by atoms with Crippen LogP contribution in [-0.4, -0.2) is 38.4 Å². The fourth-order valence-corrected chi connectivity index (χ4v) is 3.71. The molecule has 7 heteroatoms. The number of benzene rings is 3. The second-order valence-electron chi connectivity index (χ2n) is 5.97. The molecule has 0 aromatic heterocycles. The van der Waals surface area contributed by atoms with Crippen molar-refractivity contribution in [1.82, 2.24) is 9.73 Å². The molecule has 138 valence electrons. The SMILES string of the molecule is CN(CC(=O)NN=Cc1ccccc1)S(=O)(=O)c1ccc2ccccc2c1. The summed E-state index contributed by atoms with van der Waals surface area (Å²) >= 11 is 0. The molecular weight excluding hydrogens is 362 g/mol. The molecule has 0 spiro atoms. The van der Waals surface area contributed by atoms with E-state index in [1.54, 1.807) is 18.2 Å². The van der Waals surface area contributed by atoms with E-state index in [2.05, 4.69) is 10.5 Å². The zero-order valence-corrected chi connectivity index (χ0v) is 15.6. The number of amides is 1. The molecule has 6 nitrogen and oxygen atoms in total. The number of nitrogens with one attached hydrogen (secondary N) is 1. The number of fused-ring (bicyclic) bond motifs is 1. The van der Waals surface area contributed by atoms with E-state index >= 15 is 0 Å². The molecule has 0 fully saturated rings. The number of likely N-dealkylation sites (N-methyl/N-ethyl adjacent to an activating group) is 1. The van der Waals surface area contributed by atoms with Crippen molar-refractivity contribution in [3.8, 4) is 0 Å². The van der Waals surface area contributed by atoms with Crippen LogP contribution in [0.2, 0.25) is 0 Å². The van der Waals surface area contributed by atoms with E-state index in [-0.39, 0.29) is 11.4 Å². The number of nitrogens with zero attached hydrogens (tertiary/aromatic N) is 2. The van der Waals surface area contributed by atoms with Crippen LogP contribution < -0.4 is 5.43 Å². The van der Waals surface area contributed by atoms with Crippen LogP contribution in [0.5, 0.6) is 0 Å². The van der Waals surface area contributed by atoms with Crippen molar-refractivity contribution in [3.63, 3.8) is 0 Å². The van der Waals surface area contributed by atoms with Crippen LogP contribution in [0, 0.1) is 0 Å². The third kappa shape index (κ3) is 4.58. The van der Waals surface area contributed by atoms with E-state index in [9.17, 15) is 13.2 Å². The number of sulfonamides is 1. The van der Waals surface area contributed by atoms with Crippen LogP contribution in [0.4, 0.5) is 0 Å². The van der Waals surface area contributed by atoms with Gasteiger partial charge in [-0.05, 0) is 28.5 Å². The third-order valence-electron chi connectivity index (χ3n) is 4.00. The Morgan fingerprint density at radius 3 is 2.41 bits per heavy atom. The first-order valence-electron chi connectivity index (χ1n) is 8.29. The Hall–Kier alpha value is -3.03. The molecule has 3 rings (SSSR count). The summed E-state index contributed by atoms with van der Waals surface area (Å²) in [5.41, 5.74) is 3.17. The van der Waals surface area contributed by atoms with Gasteiger partial charge >= 0.3 is 0 Å². The van der Waals surface area contributed by atoms with Gasteiger partial charge in [0.25, 0.3) is 5.91 Å². The number of carbonyl (C=O) groups excluding carboxylic acids is 1. The summed E-state index contributed by atoms with van der Waals surface area (Å²) in [4.78, 5) is 12.1. The minimum absolute atomic E-state index is 0.143. The highest BCUT2D eigenvalue weighted by Gasteiger charge is 2.23. The molecule has 27 heavy (non-hydrogen) atoms. The second kappa shape index (κ2) is 8.11. The van der Waals surface area contributed by atoms with Crippen molar-refractivity contribution in [2.24, 2.45) is 5.10 Å². The summed E-state index contributed by atoms with van der Waals surface area (Å²) in [5, 5.41) is 5.62. The highest BCUT2D eigenvalue weighted by molar-refractivity contribution is 7.89. The monoisotopic (exact) mass is 381 g/mol. The highest BCUT2D eigenvalue weighted by atomic mass is 32.2. The van der Waals surface area contributed by atoms with Crippen LogP contribution >= 0.6 is 0 Å². The van der Waals surface area contributed by atoms with Crippen molar-refractivity contribution in [2.45, 2.75) is 4.90 Å². The fourth-order valence-electron chi connectivity index (χ4n) is 2.55. The summed E-state index contributed by atoms with van der Waals surface area (Å²) in [6.07, 6.45) is 1.50. The summed E-state index contributed by atoms with van der Waals surface area (Å²) in [5.74, 6) is -0.519. The van der Waals surface area contributed by atoms with E-state index in [1.165, 1.54) is 13.3 Å². The van der Waals surface area contributed by atoms with Gasteiger partial charge in [-0.2, -0.15) is 9.41 Å². The predicted molar refractivity (Wildman–Crippen MR) is 106 cm³/mol. The summed E-state index contributed by atoms with van der Waals surface area (Å²) in [7, 11) is -2.42. The van der Waals surface area contributed by atoms with Crippen LogP contribution in [0.15, 0.2) is 82.8 Å². The van der Waals surface area contributed by atoms with Crippen molar-refractivity contribution in [1.29, 1.82) is 0 Å². The molecule has 0 radical (unpaired) electrons. The van der Waals surface area contributed by atoms with Gasteiger partial charge in [-0.15, -0.1) is 0 Å². The van der Waals surface area contributed by atoms with Gasteiger partial charge in [0.05, 0.1) is 17.7 Å². The highest BCUT2D eigenvalue weighted by Crippen LogP contribution is 2.21. The van der Waals surface area contributed by atoms with Gasteiger partial charge in [-0.3, -0.25) is 4.79 Å². The Bertz CT molecular complexity index is 1080. The van der Waals surface area contributed by atoms with Gasteiger partial charge in [0, 0.05) is 7.05 Å². The number of hydrogen-bond acceptors (Lipinski definition) is 4. The Morgan fingerprint density at radius 2 is 1.67 bits per heavy atom. The van der Waals surface area contributed by atoms with Gasteiger partial charge in [0.2, 0.25) is 10.0 Å². The number of hydrazone groups is 1. The topological polar surface area (TPSA) is 78.8 Å². The Balaban J connectivity index is 1.67. The maximum atomic E-state index is 12.7. The molecule has 1 amide bonds. The molecular formula is C20H19N3O3S. The lowest BCUT2D eigenvalue weighted by Gasteiger charge is -2.16. The number of hydrogen-bond donors (Lipinski definition) is 1. The second-order valence-corrected chi connectivity index (χ2v) is 8.02. The molecule has 0 aliphatic rings. The first-order valence-corrected chi connectivity index (χ1v) is 9.73. The Morgan fingerprint density at radius 1 is 1.00 bits per heavy atom. The minimum atomic E-state index is -3.78. The number of rotatable bonds is 6. The Labute approximate surface area is 158 Å². The molecule has 3 aromatic carbocycles. The van der Waals surface area contributed by atoms with E-state index in [0.717, 1.165) is 20.6 Å². The third-order valence-corrected chi connectivity index (χ3v) is 5.80. The first kappa shape index (κ1) is 18.8. The quantitative estimate of drug-likeness (QED) is 0.527. The van der Waals surface area contributed by atoms with E-state index in [0.29, 0.717) is 0 Å². The van der Waals surface area contributed by atoms with E-state index < -0.39 is 15.9 Å². The summed E-state index contributed by atoms with van der Waals surface area (Å²) < 4.78 is 26.4. The molecule has 0 aliphatic carbocycles. The molecule has 0 aliphatic heterocycles. The molecule has 0 unspecified atom stereocenters. The molecule has 0 saturated carbocycles. The smallest absolute Gasteiger partial charge is 0.255 e. The largest absolute Gasteiger partial charge is 0.272 e. The molecule has 0 bridgehead atoms. The molecule has 1 N–H and O–H groups in total. The van der Waals surface area contributed by atoms with Crippen LogP contribution in [0.1, 0.15) is 5.56 Å². The fraction of sp³-hybridized carbons (Fsp3) is 0.100. The summed E-state index contributed by atoms with van der Waals surface area (Å²) in [6, 6.07) is 21.7. The van der Waals surface area contributed by atoms with Gasteiger partial charge in [-0.1, -0.05) is 60.7 Å². The van der Waals surface area contributed by atoms with Crippen LogP contribution in [0.3, 0.4) is 0 Å². The van der Waals surface area contributed by atoms with Gasteiger partial charge in [0.15, 0.2) is 0 Å². The molecule has 0 saturated heterocycles. The lowest BCUT2D eigenvalue weighted by Crippen LogP contribution is -2.36. The van der Waals surface area contributed by atoms with E-state index in [1.807, 2.05) is 54.6 Å². The van der Waals surface area contributed by atoms with Crippen molar-refractivity contribution < 1.29 is 13.2 Å². The van der Waals surface area contributed by atoms with E-state index in [4.69, 9.17) is 0 Å². The Kier molecular flexibility index (Phi) is 5.63. The maximum Gasteiger partial charge on any atom is 0.255 e. The van der Waals surface area contributed by atoms with Gasteiger partial charge in [-0.25, -0.2) is 13.8 Å². The zero-order chi connectivity index (χ0) is 19.3. The molecule has 0 heterocycles. The van der Waals surface area contributed by atoms with Gasteiger partial charge in [0.1, 0.15) is 0 Å². The lowest BCUT2D eigenvalue weighted by atomic mass is 10.1. The number of carbonyl (C=O) groups is 1. The average molecular weight is 381 g/mol. The van der Waals surface area contributed by atoms with Gasteiger partial charge < -0.3 is 0 Å². The van der Waals surface area contributed by atoms with Crippen LogP contribution in [-0.2, 0) is 14.8 Å². The predicted octanol–water partition coefficient (Wildman–Crippen LogP) is 2.61. The molecule has 0 atom stereocenters. The standard InChI is InChI=1S/C20H19N3O3S/c1-23(15-20(24)22-21-14-16-7-3-2-4-8-16)27(25,26)19-12-11-17-9-5-6-10-18(17)13-19/h2-14H,15H2,1H3,(H,22,24). The normalized spacial score (nSPS) is 11.9. The average Bonchev–Trinajstić information content (AvgIpc) is 2.68. The maximum absolute atomic E-state index is 12.7. The lowest BCUT2D eigenvalue weighted by molar-refractivity contribution is -0.121. The van der Waals surface area contributed by atoms with Crippen molar-refractivity contribution >= 4 is 32.9 Å². The van der Waals surface area contributed by atoms with Crippen molar-refractivity contribution in [2.75, 3.05) is 13.6 Å². The molecule has 3 aromatic rings. The van der Waals surface area contributed by atoms with Crippen LogP contribution in [0.25, 0.3) is 10.8 Å². The summed E-state index contributed by atoms with van der Waals surface area (Å²) in [6.45, 7) is -0.332. The first-order chi connectivity index (χ1) is 13.0. The minimum Gasteiger partial charge on any atom is -0.272 e. The zero-order valence-electron chi connectivity index (χ0n) is 14.7.